The molecule has 0 spiro atoms. The molecule has 0 radical (unpaired) electrons. The van der Waals surface area contributed by atoms with Gasteiger partial charge in [-0.05, 0) is 18.6 Å². The maximum absolute atomic E-state index is 6.28. The number of aromatic nitrogens is 5. The third-order valence-electron chi connectivity index (χ3n) is 3.53. The van der Waals surface area contributed by atoms with Gasteiger partial charge in [-0.25, -0.2) is 9.97 Å². The van der Waals surface area contributed by atoms with Crippen LogP contribution in [0.5, 0.6) is 0 Å². The minimum absolute atomic E-state index is 0.0117. The number of imidazole rings is 1. The van der Waals surface area contributed by atoms with E-state index in [1.807, 2.05) is 29.2 Å². The second kappa shape index (κ2) is 6.05. The fourth-order valence-electron chi connectivity index (χ4n) is 2.55. The molecule has 0 fully saturated rings. The smallest absolute Gasteiger partial charge is 0.138 e. The SMILES string of the molecule is CCCn1ncnc1CC(N)Cn1cnc2ccccc21. The van der Waals surface area contributed by atoms with E-state index in [4.69, 9.17) is 5.73 Å². The highest BCUT2D eigenvalue weighted by molar-refractivity contribution is 5.74. The van der Waals surface area contributed by atoms with Crippen LogP contribution in [0.4, 0.5) is 0 Å². The van der Waals surface area contributed by atoms with Crippen LogP contribution in [-0.2, 0) is 19.5 Å². The Morgan fingerprint density at radius 3 is 2.95 bits per heavy atom. The number of para-hydroxylation sites is 2. The Labute approximate surface area is 123 Å². The van der Waals surface area contributed by atoms with Crippen molar-refractivity contribution >= 4 is 11.0 Å². The molecule has 6 nitrogen and oxygen atoms in total. The number of hydrogen-bond donors (Lipinski definition) is 1. The van der Waals surface area contributed by atoms with E-state index < -0.39 is 0 Å². The molecule has 0 saturated heterocycles. The summed E-state index contributed by atoms with van der Waals surface area (Å²) in [4.78, 5) is 8.70. The Kier molecular flexibility index (Phi) is 3.96. The largest absolute Gasteiger partial charge is 0.329 e. The van der Waals surface area contributed by atoms with Crippen molar-refractivity contribution < 1.29 is 0 Å². The number of nitrogens with two attached hydrogens (primary N) is 1. The summed E-state index contributed by atoms with van der Waals surface area (Å²) in [5.41, 5.74) is 8.40. The van der Waals surface area contributed by atoms with E-state index >= 15 is 0 Å². The molecule has 6 heteroatoms. The molecule has 1 aromatic carbocycles. The van der Waals surface area contributed by atoms with Gasteiger partial charge in [-0.2, -0.15) is 5.10 Å². The second-order valence-corrected chi connectivity index (χ2v) is 5.25. The number of hydrogen-bond acceptors (Lipinski definition) is 4. The van der Waals surface area contributed by atoms with Crippen molar-refractivity contribution in [1.29, 1.82) is 0 Å². The number of rotatable bonds is 6. The predicted molar refractivity (Wildman–Crippen MR) is 81.7 cm³/mol. The topological polar surface area (TPSA) is 74.6 Å². The van der Waals surface area contributed by atoms with Gasteiger partial charge in [0, 0.05) is 25.6 Å². The van der Waals surface area contributed by atoms with Gasteiger partial charge in [0.05, 0.1) is 17.4 Å². The zero-order valence-electron chi connectivity index (χ0n) is 12.2. The van der Waals surface area contributed by atoms with Gasteiger partial charge in [-0.15, -0.1) is 0 Å². The lowest BCUT2D eigenvalue weighted by molar-refractivity contribution is 0.507. The maximum atomic E-state index is 6.28. The van der Waals surface area contributed by atoms with Gasteiger partial charge < -0.3 is 10.3 Å². The molecule has 110 valence electrons. The molecule has 0 amide bonds. The van der Waals surface area contributed by atoms with Gasteiger partial charge in [0.2, 0.25) is 0 Å². The quantitative estimate of drug-likeness (QED) is 0.746. The summed E-state index contributed by atoms with van der Waals surface area (Å²) in [7, 11) is 0. The van der Waals surface area contributed by atoms with E-state index in [1.54, 1.807) is 6.33 Å². The molecule has 2 heterocycles. The van der Waals surface area contributed by atoms with E-state index in [-0.39, 0.29) is 6.04 Å². The van der Waals surface area contributed by atoms with Crippen LogP contribution >= 0.6 is 0 Å². The third-order valence-corrected chi connectivity index (χ3v) is 3.53. The molecular formula is C15H20N6. The fraction of sp³-hybridized carbons (Fsp3) is 0.400. The third kappa shape index (κ3) is 2.95. The summed E-state index contributed by atoms with van der Waals surface area (Å²) >= 11 is 0. The highest BCUT2D eigenvalue weighted by Gasteiger charge is 2.12. The highest BCUT2D eigenvalue weighted by atomic mass is 15.3. The van der Waals surface area contributed by atoms with E-state index in [0.717, 1.165) is 36.4 Å². The predicted octanol–water partition coefficient (Wildman–Crippen LogP) is 1.61. The summed E-state index contributed by atoms with van der Waals surface area (Å²) in [5.74, 6) is 0.953. The number of aryl methyl sites for hydroxylation is 1. The molecule has 2 N–H and O–H groups in total. The lowest BCUT2D eigenvalue weighted by Crippen LogP contribution is -2.29. The maximum Gasteiger partial charge on any atom is 0.138 e. The van der Waals surface area contributed by atoms with Crippen LogP contribution in [-0.4, -0.2) is 30.4 Å². The van der Waals surface area contributed by atoms with E-state index in [0.29, 0.717) is 6.42 Å². The first kappa shape index (κ1) is 13.8. The molecule has 1 atom stereocenters. The van der Waals surface area contributed by atoms with Gasteiger partial charge in [0.15, 0.2) is 0 Å². The Morgan fingerprint density at radius 1 is 1.24 bits per heavy atom. The van der Waals surface area contributed by atoms with Gasteiger partial charge in [0.25, 0.3) is 0 Å². The number of benzene rings is 1. The van der Waals surface area contributed by atoms with Gasteiger partial charge in [-0.3, -0.25) is 4.68 Å². The van der Waals surface area contributed by atoms with Gasteiger partial charge in [-0.1, -0.05) is 19.1 Å². The molecule has 0 saturated carbocycles. The first-order chi connectivity index (χ1) is 10.3. The van der Waals surface area contributed by atoms with Gasteiger partial charge >= 0.3 is 0 Å². The highest BCUT2D eigenvalue weighted by Crippen LogP contribution is 2.12. The minimum Gasteiger partial charge on any atom is -0.329 e. The molecular weight excluding hydrogens is 264 g/mol. The molecule has 0 aliphatic rings. The summed E-state index contributed by atoms with van der Waals surface area (Å²) in [5, 5.41) is 4.24. The van der Waals surface area contributed by atoms with Crippen molar-refractivity contribution in [2.75, 3.05) is 0 Å². The molecule has 0 aliphatic heterocycles. The molecule has 21 heavy (non-hydrogen) atoms. The van der Waals surface area contributed by atoms with Crippen LogP contribution in [0.15, 0.2) is 36.9 Å². The summed E-state index contributed by atoms with van der Waals surface area (Å²) < 4.78 is 4.03. The molecule has 3 aromatic rings. The van der Waals surface area contributed by atoms with Crippen LogP contribution in [0.1, 0.15) is 19.2 Å². The number of fused-ring (bicyclic) bond motifs is 1. The second-order valence-electron chi connectivity index (χ2n) is 5.25. The number of nitrogens with zero attached hydrogens (tertiary/aromatic N) is 5. The van der Waals surface area contributed by atoms with Crippen LogP contribution in [0.2, 0.25) is 0 Å². The monoisotopic (exact) mass is 284 g/mol. The Balaban J connectivity index is 1.71. The minimum atomic E-state index is -0.0117. The molecule has 0 aliphatic carbocycles. The van der Waals surface area contributed by atoms with Crippen molar-refractivity contribution in [2.45, 2.75) is 38.9 Å². The molecule has 1 unspecified atom stereocenters. The standard InChI is InChI=1S/C15H20N6/c1-2-7-21-15(17-10-19-21)8-12(16)9-20-11-18-13-5-3-4-6-14(13)20/h3-6,10-12H,2,7-9,16H2,1H3. The normalized spacial score (nSPS) is 12.9. The van der Waals surface area contributed by atoms with Crippen molar-refractivity contribution in [2.24, 2.45) is 5.73 Å². The van der Waals surface area contributed by atoms with E-state index in [9.17, 15) is 0 Å². The van der Waals surface area contributed by atoms with Crippen LogP contribution in [0, 0.1) is 0 Å². The zero-order valence-corrected chi connectivity index (χ0v) is 12.2. The van der Waals surface area contributed by atoms with Crippen LogP contribution in [0.3, 0.4) is 0 Å². The summed E-state index contributed by atoms with van der Waals surface area (Å²) in [6.45, 7) is 3.73. The fourth-order valence-corrected chi connectivity index (χ4v) is 2.55. The molecule has 0 bridgehead atoms. The zero-order chi connectivity index (χ0) is 14.7. The Morgan fingerprint density at radius 2 is 2.10 bits per heavy atom. The summed E-state index contributed by atoms with van der Waals surface area (Å²) in [6.07, 6.45) is 5.20. The Hall–Kier alpha value is -2.21. The van der Waals surface area contributed by atoms with Crippen LogP contribution < -0.4 is 5.73 Å². The van der Waals surface area contributed by atoms with Crippen molar-refractivity contribution in [3.8, 4) is 0 Å². The van der Waals surface area contributed by atoms with E-state index in [2.05, 4.69) is 32.6 Å². The average molecular weight is 284 g/mol. The lowest BCUT2D eigenvalue weighted by Gasteiger charge is -2.13. The van der Waals surface area contributed by atoms with E-state index in [1.165, 1.54) is 0 Å². The first-order valence-corrected chi connectivity index (χ1v) is 7.30. The Bertz CT molecular complexity index is 714. The van der Waals surface area contributed by atoms with Crippen molar-refractivity contribution in [1.82, 2.24) is 24.3 Å². The molecule has 3 rings (SSSR count). The molecule has 2 aromatic heterocycles. The van der Waals surface area contributed by atoms with Crippen molar-refractivity contribution in [3.63, 3.8) is 0 Å². The first-order valence-electron chi connectivity index (χ1n) is 7.30. The van der Waals surface area contributed by atoms with Crippen molar-refractivity contribution in [3.05, 3.63) is 42.7 Å². The lowest BCUT2D eigenvalue weighted by atomic mass is 10.2. The average Bonchev–Trinajstić information content (AvgIpc) is 3.08. The van der Waals surface area contributed by atoms with Gasteiger partial charge in [0.1, 0.15) is 12.2 Å². The van der Waals surface area contributed by atoms with Crippen LogP contribution in [0.25, 0.3) is 11.0 Å². The summed E-state index contributed by atoms with van der Waals surface area (Å²) in [6, 6.07) is 8.07.